The molecule has 1 aliphatic rings. The average molecular weight is 387 g/mol. The van der Waals surface area contributed by atoms with Crippen LogP contribution >= 0.6 is 0 Å². The second kappa shape index (κ2) is 6.03. The molecule has 29 heavy (non-hydrogen) atoms. The van der Waals surface area contributed by atoms with E-state index in [2.05, 4.69) is 36.2 Å². The number of hydrogen-bond acceptors (Lipinski definition) is 7. The number of rotatable bonds is 3. The van der Waals surface area contributed by atoms with Gasteiger partial charge in [0.05, 0.1) is 35.0 Å². The number of hydrogen-bond donors (Lipinski definition) is 1. The number of nitrogens with zero attached hydrogens (tertiary/aromatic N) is 8. The molecule has 0 fully saturated rings. The second-order valence-electron chi connectivity index (χ2n) is 7.04. The van der Waals surface area contributed by atoms with Gasteiger partial charge in [-0.1, -0.05) is 11.2 Å². The van der Waals surface area contributed by atoms with Crippen LogP contribution in [-0.4, -0.2) is 46.1 Å². The number of nitrogens with one attached hydrogen (secondary N) is 1. The number of aromatic nitrogens is 8. The molecule has 1 unspecified atom stereocenters. The molecule has 1 aliphatic heterocycles. The maximum Gasteiger partial charge on any atom is 0.319 e. The van der Waals surface area contributed by atoms with Crippen LogP contribution in [0.3, 0.4) is 0 Å². The fourth-order valence-corrected chi connectivity index (χ4v) is 3.85. The Bertz CT molecular complexity index is 1280. The molecule has 6 rings (SSSR count). The Morgan fingerprint density at radius 3 is 3.07 bits per heavy atom. The average Bonchev–Trinajstić information content (AvgIpc) is 3.51. The number of pyridine rings is 1. The summed E-state index contributed by atoms with van der Waals surface area (Å²) in [7, 11) is 1.85. The first-order chi connectivity index (χ1) is 14.3. The number of aromatic amines is 1. The van der Waals surface area contributed by atoms with E-state index in [-0.39, 0.29) is 6.04 Å². The van der Waals surface area contributed by atoms with Gasteiger partial charge in [-0.2, -0.15) is 10.2 Å². The van der Waals surface area contributed by atoms with Gasteiger partial charge in [-0.3, -0.25) is 4.68 Å². The van der Waals surface area contributed by atoms with E-state index in [0.29, 0.717) is 18.5 Å². The van der Waals surface area contributed by atoms with Crippen LogP contribution in [0.1, 0.15) is 23.1 Å². The van der Waals surface area contributed by atoms with Crippen LogP contribution in [0.15, 0.2) is 53.6 Å². The summed E-state index contributed by atoms with van der Waals surface area (Å²) >= 11 is 0. The van der Waals surface area contributed by atoms with Crippen molar-refractivity contribution in [3.05, 3.63) is 66.3 Å². The molecule has 0 aromatic carbocycles. The normalized spacial score (nSPS) is 16.4. The number of anilines is 1. The fourth-order valence-electron chi connectivity index (χ4n) is 3.85. The van der Waals surface area contributed by atoms with Gasteiger partial charge in [0.2, 0.25) is 0 Å². The lowest BCUT2D eigenvalue weighted by Crippen LogP contribution is -2.36. The van der Waals surface area contributed by atoms with E-state index < -0.39 is 0 Å². The molecular weight excluding hydrogens is 370 g/mol. The highest BCUT2D eigenvalue weighted by atomic mass is 16.4. The minimum absolute atomic E-state index is 0.216. The van der Waals surface area contributed by atoms with Crippen LogP contribution in [0.25, 0.3) is 17.0 Å². The molecule has 5 aromatic rings. The number of imidazole rings is 1. The summed E-state index contributed by atoms with van der Waals surface area (Å²) < 4.78 is 9.59. The van der Waals surface area contributed by atoms with Gasteiger partial charge in [-0.15, -0.1) is 5.10 Å². The second-order valence-corrected chi connectivity index (χ2v) is 7.04. The summed E-state index contributed by atoms with van der Waals surface area (Å²) in [6, 6.07) is 8.28. The minimum atomic E-state index is -0.216. The van der Waals surface area contributed by atoms with Gasteiger partial charge in [0, 0.05) is 38.1 Å². The molecule has 10 heteroatoms. The maximum atomic E-state index is 6.02. The smallest absolute Gasteiger partial charge is 0.319 e. The molecule has 5 aromatic heterocycles. The van der Waals surface area contributed by atoms with Crippen LogP contribution in [-0.2, 0) is 13.5 Å². The zero-order valence-electron chi connectivity index (χ0n) is 15.6. The van der Waals surface area contributed by atoms with Gasteiger partial charge in [0.25, 0.3) is 5.89 Å². The van der Waals surface area contributed by atoms with Crippen LogP contribution < -0.4 is 4.90 Å². The Balaban J connectivity index is 1.45. The molecule has 0 bridgehead atoms. The highest BCUT2D eigenvalue weighted by Gasteiger charge is 2.36. The summed E-state index contributed by atoms with van der Waals surface area (Å²) in [5.41, 5.74) is 4.72. The van der Waals surface area contributed by atoms with Crippen LogP contribution in [0.2, 0.25) is 0 Å². The van der Waals surface area contributed by atoms with Crippen molar-refractivity contribution >= 4 is 11.5 Å². The van der Waals surface area contributed by atoms with Gasteiger partial charge in [-0.05, 0) is 18.2 Å². The van der Waals surface area contributed by atoms with E-state index >= 15 is 0 Å². The topological polar surface area (TPSA) is 106 Å². The van der Waals surface area contributed by atoms with E-state index in [9.17, 15) is 0 Å². The molecule has 0 spiro atoms. The Morgan fingerprint density at radius 1 is 1.24 bits per heavy atom. The lowest BCUT2D eigenvalue weighted by atomic mass is 10.0. The van der Waals surface area contributed by atoms with E-state index in [4.69, 9.17) is 9.52 Å². The lowest BCUT2D eigenvalue weighted by Gasteiger charge is -2.32. The highest BCUT2D eigenvalue weighted by Crippen LogP contribution is 2.36. The summed E-state index contributed by atoms with van der Waals surface area (Å²) in [5, 5.41) is 17.5. The first-order valence-electron chi connectivity index (χ1n) is 9.32. The predicted octanol–water partition coefficient (Wildman–Crippen LogP) is 1.99. The first-order valence-corrected chi connectivity index (χ1v) is 9.32. The quantitative estimate of drug-likeness (QED) is 0.505. The number of fused-ring (bicyclic) bond motifs is 2. The molecule has 0 radical (unpaired) electrons. The Labute approximate surface area is 164 Å². The minimum Gasteiger partial charge on any atom is -0.403 e. The molecule has 144 valence electrons. The van der Waals surface area contributed by atoms with Gasteiger partial charge in [-0.25, -0.2) is 9.50 Å². The van der Waals surface area contributed by atoms with Crippen LogP contribution in [0, 0.1) is 0 Å². The molecule has 0 amide bonds. The van der Waals surface area contributed by atoms with Crippen molar-refractivity contribution in [1.82, 2.24) is 39.6 Å². The molecule has 6 heterocycles. The summed E-state index contributed by atoms with van der Waals surface area (Å²) in [4.78, 5) is 9.89. The van der Waals surface area contributed by atoms with Crippen molar-refractivity contribution in [1.29, 1.82) is 0 Å². The molecular formula is C19H17N9O. The van der Waals surface area contributed by atoms with Crippen molar-refractivity contribution in [3.63, 3.8) is 0 Å². The van der Waals surface area contributed by atoms with Crippen LogP contribution in [0.5, 0.6) is 0 Å². The third-order valence-electron chi connectivity index (χ3n) is 5.21. The van der Waals surface area contributed by atoms with Crippen molar-refractivity contribution in [3.8, 4) is 11.5 Å². The molecule has 1 N–H and O–H groups in total. The van der Waals surface area contributed by atoms with E-state index in [0.717, 1.165) is 34.6 Å². The van der Waals surface area contributed by atoms with Crippen LogP contribution in [0.4, 0.5) is 6.01 Å². The fraction of sp³-hybridized carbons (Fsp3) is 0.211. The first kappa shape index (κ1) is 16.0. The van der Waals surface area contributed by atoms with E-state index in [1.807, 2.05) is 42.2 Å². The SMILES string of the molecule is Cn1cc(-c2nnc(N3CCc4[nH]cnc4C3c3cc4ccccn4n3)o2)cn1. The standard InChI is InChI=1S/C19H17N9O/c1-26-10-12(9-22-26)18-23-24-19(29-18)27-7-5-14-16(21-11-20-14)17(27)15-8-13-4-2-3-6-28(13)25-15/h2-4,6,8-11,17H,5,7H2,1H3,(H,20,21). The number of aryl methyl sites for hydroxylation is 1. The van der Waals surface area contributed by atoms with E-state index in [1.165, 1.54) is 0 Å². The number of H-pyrrole nitrogens is 1. The van der Waals surface area contributed by atoms with Crippen molar-refractivity contribution in [2.45, 2.75) is 12.5 Å². The van der Waals surface area contributed by atoms with Gasteiger partial charge in [0.1, 0.15) is 6.04 Å². The van der Waals surface area contributed by atoms with Gasteiger partial charge < -0.3 is 14.3 Å². The maximum absolute atomic E-state index is 6.02. The summed E-state index contributed by atoms with van der Waals surface area (Å²) in [5.74, 6) is 0.440. The zero-order chi connectivity index (χ0) is 19.4. The molecule has 0 saturated heterocycles. The van der Waals surface area contributed by atoms with Crippen molar-refractivity contribution in [2.75, 3.05) is 11.4 Å². The third kappa shape index (κ3) is 2.53. The highest BCUT2D eigenvalue weighted by molar-refractivity contribution is 5.54. The third-order valence-corrected chi connectivity index (χ3v) is 5.21. The molecule has 0 aliphatic carbocycles. The Hall–Kier alpha value is -3.95. The summed E-state index contributed by atoms with van der Waals surface area (Å²) in [6.45, 7) is 0.711. The Kier molecular flexibility index (Phi) is 3.33. The van der Waals surface area contributed by atoms with Crippen molar-refractivity contribution < 1.29 is 4.42 Å². The van der Waals surface area contributed by atoms with Gasteiger partial charge >= 0.3 is 6.01 Å². The zero-order valence-corrected chi connectivity index (χ0v) is 15.6. The predicted molar refractivity (Wildman–Crippen MR) is 103 cm³/mol. The largest absolute Gasteiger partial charge is 0.403 e. The van der Waals surface area contributed by atoms with Gasteiger partial charge in [0.15, 0.2) is 0 Å². The lowest BCUT2D eigenvalue weighted by molar-refractivity contribution is 0.503. The molecule has 10 nitrogen and oxygen atoms in total. The Morgan fingerprint density at radius 2 is 2.21 bits per heavy atom. The monoisotopic (exact) mass is 387 g/mol. The summed E-state index contributed by atoms with van der Waals surface area (Å²) in [6.07, 6.45) is 8.03. The molecule has 0 saturated carbocycles. The molecule has 1 atom stereocenters. The van der Waals surface area contributed by atoms with Crippen molar-refractivity contribution in [2.24, 2.45) is 7.05 Å². The van der Waals surface area contributed by atoms with E-state index in [1.54, 1.807) is 17.2 Å².